The van der Waals surface area contributed by atoms with Gasteiger partial charge in [0, 0.05) is 30.9 Å². The third-order valence-corrected chi connectivity index (χ3v) is 2.74. The average molecular weight is 233 g/mol. The number of rotatable bonds is 5. The van der Waals surface area contributed by atoms with Crippen molar-refractivity contribution in [3.8, 4) is 11.3 Å². The van der Waals surface area contributed by atoms with Crippen LogP contribution in [0.15, 0.2) is 12.4 Å². The molecule has 5 heteroatoms. The zero-order valence-electron chi connectivity index (χ0n) is 10.6. The average Bonchev–Trinajstić information content (AvgIpc) is 2.85. The van der Waals surface area contributed by atoms with Crippen molar-refractivity contribution in [3.63, 3.8) is 0 Å². The van der Waals surface area contributed by atoms with E-state index >= 15 is 0 Å². The first-order valence-corrected chi connectivity index (χ1v) is 5.96. The number of aromatic amines is 1. The predicted octanol–water partition coefficient (Wildman–Crippen LogP) is 1.62. The predicted molar refractivity (Wildman–Crippen MR) is 67.5 cm³/mol. The summed E-state index contributed by atoms with van der Waals surface area (Å²) in [6, 6.07) is 0. The van der Waals surface area contributed by atoms with Gasteiger partial charge in [0.1, 0.15) is 0 Å². The van der Waals surface area contributed by atoms with Gasteiger partial charge in [0.15, 0.2) is 0 Å². The number of hydrogen-bond donors (Lipinski definition) is 2. The maximum Gasteiger partial charge on any atom is 0.0729 e. The summed E-state index contributed by atoms with van der Waals surface area (Å²) < 4.78 is 1.83. The quantitative estimate of drug-likeness (QED) is 0.771. The Kier molecular flexibility index (Phi) is 3.58. The highest BCUT2D eigenvalue weighted by atomic mass is 15.3. The number of nitrogens with zero attached hydrogens (tertiary/aromatic N) is 3. The number of nitrogens with one attached hydrogen (secondary N) is 2. The second kappa shape index (κ2) is 5.14. The van der Waals surface area contributed by atoms with Crippen molar-refractivity contribution < 1.29 is 0 Å². The zero-order valence-corrected chi connectivity index (χ0v) is 10.6. The molecule has 2 aromatic rings. The highest BCUT2D eigenvalue weighted by Crippen LogP contribution is 2.23. The molecule has 0 amide bonds. The van der Waals surface area contributed by atoms with Gasteiger partial charge in [-0.05, 0) is 19.9 Å². The highest BCUT2D eigenvalue weighted by molar-refractivity contribution is 5.64. The summed E-state index contributed by atoms with van der Waals surface area (Å²) in [5.41, 5.74) is 4.40. The monoisotopic (exact) mass is 233 g/mol. The molecule has 0 unspecified atom stereocenters. The number of hydrogen-bond acceptors (Lipinski definition) is 3. The molecule has 0 aliphatic heterocycles. The van der Waals surface area contributed by atoms with Gasteiger partial charge in [-0.3, -0.25) is 9.78 Å². The van der Waals surface area contributed by atoms with Crippen LogP contribution in [-0.4, -0.2) is 26.5 Å². The lowest BCUT2D eigenvalue weighted by Crippen LogP contribution is -2.13. The minimum Gasteiger partial charge on any atom is -0.313 e. The Hall–Kier alpha value is -1.62. The van der Waals surface area contributed by atoms with Gasteiger partial charge in [-0.2, -0.15) is 10.2 Å². The van der Waals surface area contributed by atoms with Gasteiger partial charge >= 0.3 is 0 Å². The summed E-state index contributed by atoms with van der Waals surface area (Å²) in [5.74, 6) is 0. The van der Waals surface area contributed by atoms with Gasteiger partial charge in [0.2, 0.25) is 0 Å². The molecule has 2 aromatic heterocycles. The Morgan fingerprint density at radius 1 is 1.47 bits per heavy atom. The van der Waals surface area contributed by atoms with Crippen molar-refractivity contribution >= 4 is 0 Å². The van der Waals surface area contributed by atoms with E-state index in [4.69, 9.17) is 0 Å². The molecule has 5 nitrogen and oxygen atoms in total. The van der Waals surface area contributed by atoms with Crippen LogP contribution in [0.25, 0.3) is 11.3 Å². The zero-order chi connectivity index (χ0) is 12.3. The van der Waals surface area contributed by atoms with E-state index in [1.165, 1.54) is 5.56 Å². The largest absolute Gasteiger partial charge is 0.313 e. The van der Waals surface area contributed by atoms with Gasteiger partial charge in [0.05, 0.1) is 17.6 Å². The van der Waals surface area contributed by atoms with E-state index in [-0.39, 0.29) is 0 Å². The molecule has 2 N–H and O–H groups in total. The smallest absolute Gasteiger partial charge is 0.0729 e. The molecule has 0 aliphatic carbocycles. The minimum absolute atomic E-state index is 0.841. The minimum atomic E-state index is 0.841. The second-order valence-electron chi connectivity index (χ2n) is 4.25. The third-order valence-electron chi connectivity index (χ3n) is 2.74. The van der Waals surface area contributed by atoms with E-state index in [1.54, 1.807) is 0 Å². The Balaban J connectivity index is 2.21. The summed E-state index contributed by atoms with van der Waals surface area (Å²) in [6.07, 6.45) is 5.04. The highest BCUT2D eigenvalue weighted by Gasteiger charge is 2.12. The first-order valence-electron chi connectivity index (χ1n) is 5.96. The molecule has 0 radical (unpaired) electrons. The van der Waals surface area contributed by atoms with E-state index in [9.17, 15) is 0 Å². The van der Waals surface area contributed by atoms with Gasteiger partial charge < -0.3 is 5.32 Å². The van der Waals surface area contributed by atoms with Gasteiger partial charge in [-0.1, -0.05) is 6.92 Å². The first kappa shape index (κ1) is 11.9. The molecule has 2 rings (SSSR count). The Morgan fingerprint density at radius 2 is 2.29 bits per heavy atom. The van der Waals surface area contributed by atoms with Crippen LogP contribution in [0, 0.1) is 6.92 Å². The topological polar surface area (TPSA) is 58.5 Å². The third kappa shape index (κ3) is 2.55. The summed E-state index contributed by atoms with van der Waals surface area (Å²) >= 11 is 0. The lowest BCUT2D eigenvalue weighted by molar-refractivity contribution is 0.676. The van der Waals surface area contributed by atoms with Crippen molar-refractivity contribution in [1.29, 1.82) is 0 Å². The molecule has 0 spiro atoms. The Morgan fingerprint density at radius 3 is 2.94 bits per heavy atom. The van der Waals surface area contributed by atoms with Gasteiger partial charge in [-0.25, -0.2) is 0 Å². The maximum absolute atomic E-state index is 4.35. The normalized spacial score (nSPS) is 11.0. The van der Waals surface area contributed by atoms with Crippen molar-refractivity contribution in [1.82, 2.24) is 25.3 Å². The van der Waals surface area contributed by atoms with Crippen molar-refractivity contribution in [3.05, 3.63) is 23.7 Å². The maximum atomic E-state index is 4.35. The number of aryl methyl sites for hydroxylation is 2. The molecule has 0 aromatic carbocycles. The molecule has 0 atom stereocenters. The molecule has 0 aliphatic rings. The fourth-order valence-corrected chi connectivity index (χ4v) is 1.92. The Bertz CT molecular complexity index is 483. The number of aromatic nitrogens is 4. The van der Waals surface area contributed by atoms with Crippen LogP contribution in [0.5, 0.6) is 0 Å². The fourth-order valence-electron chi connectivity index (χ4n) is 1.92. The van der Waals surface area contributed by atoms with Crippen molar-refractivity contribution in [2.45, 2.75) is 26.8 Å². The number of H-pyrrole nitrogens is 1. The summed E-state index contributed by atoms with van der Waals surface area (Å²) in [5, 5.41) is 14.9. The van der Waals surface area contributed by atoms with Gasteiger partial charge in [0.25, 0.3) is 0 Å². The molecule has 17 heavy (non-hydrogen) atoms. The van der Waals surface area contributed by atoms with Crippen LogP contribution < -0.4 is 5.32 Å². The second-order valence-corrected chi connectivity index (χ2v) is 4.25. The summed E-state index contributed by atoms with van der Waals surface area (Å²) in [7, 11) is 1.93. The van der Waals surface area contributed by atoms with E-state index in [2.05, 4.69) is 27.5 Å². The lowest BCUT2D eigenvalue weighted by atomic mass is 10.1. The van der Waals surface area contributed by atoms with E-state index in [1.807, 2.05) is 31.0 Å². The molecule has 0 saturated carbocycles. The molecule has 0 saturated heterocycles. The standard InChI is InChI=1S/C12H19N5/c1-4-5-13-6-10-7-14-15-12(10)11-8-17(3)16-9(11)2/h7-8,13H,4-6H2,1-3H3,(H,14,15). The molecule has 0 bridgehead atoms. The van der Waals surface area contributed by atoms with E-state index < -0.39 is 0 Å². The van der Waals surface area contributed by atoms with Crippen LogP contribution in [0.1, 0.15) is 24.6 Å². The first-order chi connectivity index (χ1) is 8.22. The van der Waals surface area contributed by atoms with Crippen LogP contribution >= 0.6 is 0 Å². The van der Waals surface area contributed by atoms with Crippen LogP contribution in [0.2, 0.25) is 0 Å². The Labute approximate surface area is 101 Å². The van der Waals surface area contributed by atoms with Crippen LogP contribution in [-0.2, 0) is 13.6 Å². The van der Waals surface area contributed by atoms with Crippen LogP contribution in [0.3, 0.4) is 0 Å². The SMILES string of the molecule is CCCNCc1cn[nH]c1-c1cn(C)nc1C. The van der Waals surface area contributed by atoms with E-state index in [0.29, 0.717) is 0 Å². The summed E-state index contributed by atoms with van der Waals surface area (Å²) in [6.45, 7) is 6.04. The lowest BCUT2D eigenvalue weighted by Gasteiger charge is -2.03. The molecular weight excluding hydrogens is 214 g/mol. The fraction of sp³-hybridized carbons (Fsp3) is 0.500. The molecule has 0 fully saturated rings. The van der Waals surface area contributed by atoms with Crippen molar-refractivity contribution in [2.24, 2.45) is 7.05 Å². The molecule has 92 valence electrons. The van der Waals surface area contributed by atoms with E-state index in [0.717, 1.165) is 36.5 Å². The summed E-state index contributed by atoms with van der Waals surface area (Å²) in [4.78, 5) is 0. The molecule has 2 heterocycles. The van der Waals surface area contributed by atoms with Crippen LogP contribution in [0.4, 0.5) is 0 Å². The van der Waals surface area contributed by atoms with Crippen molar-refractivity contribution in [2.75, 3.05) is 6.54 Å². The van der Waals surface area contributed by atoms with Gasteiger partial charge in [-0.15, -0.1) is 0 Å². The molecular formula is C12H19N5.